The lowest BCUT2D eigenvalue weighted by Crippen LogP contribution is -2.41. The van der Waals surface area contributed by atoms with E-state index in [4.69, 9.17) is 5.73 Å². The minimum atomic E-state index is 0.150. The fourth-order valence-electron chi connectivity index (χ4n) is 2.28. The maximum Gasteiger partial charge on any atom is 0.0424 e. The van der Waals surface area contributed by atoms with Crippen molar-refractivity contribution in [2.75, 3.05) is 25.4 Å². The molecule has 0 bridgehead atoms. The van der Waals surface area contributed by atoms with Gasteiger partial charge >= 0.3 is 0 Å². The minimum Gasteiger partial charge on any atom is -0.323 e. The Balaban J connectivity index is 1.88. The van der Waals surface area contributed by atoms with Gasteiger partial charge < -0.3 is 5.73 Å². The number of benzene rings is 1. The van der Waals surface area contributed by atoms with Gasteiger partial charge in [0.1, 0.15) is 0 Å². The number of rotatable bonds is 4. The van der Waals surface area contributed by atoms with E-state index in [9.17, 15) is 0 Å². The minimum absolute atomic E-state index is 0.150. The quantitative estimate of drug-likeness (QED) is 0.890. The Hall–Kier alpha value is -0.510. The maximum absolute atomic E-state index is 6.26. The van der Waals surface area contributed by atoms with Crippen LogP contribution in [0, 0.1) is 0 Å². The number of nitrogens with two attached hydrogens (primary N) is 1. The number of hydrogen-bond donors (Lipinski definition) is 1. The molecular weight excluding hydrogens is 228 g/mol. The highest BCUT2D eigenvalue weighted by Crippen LogP contribution is 2.22. The van der Waals surface area contributed by atoms with Gasteiger partial charge in [-0.1, -0.05) is 37.3 Å². The molecule has 0 amide bonds. The summed E-state index contributed by atoms with van der Waals surface area (Å²) in [6.07, 6.45) is 1.27. The first-order valence-corrected chi connectivity index (χ1v) is 7.49. The average molecular weight is 250 g/mol. The van der Waals surface area contributed by atoms with Crippen molar-refractivity contribution < 1.29 is 0 Å². The lowest BCUT2D eigenvalue weighted by Gasteiger charge is -2.33. The second-order valence-corrected chi connectivity index (χ2v) is 6.09. The maximum atomic E-state index is 6.26. The molecule has 1 aromatic rings. The highest BCUT2D eigenvalue weighted by Gasteiger charge is 2.20. The molecule has 0 aromatic heterocycles. The van der Waals surface area contributed by atoms with Crippen molar-refractivity contribution in [3.05, 3.63) is 35.9 Å². The Morgan fingerprint density at radius 2 is 2.18 bits per heavy atom. The second kappa shape index (κ2) is 6.43. The number of nitrogens with zero attached hydrogens (tertiary/aromatic N) is 1. The molecule has 2 atom stereocenters. The summed E-state index contributed by atoms with van der Waals surface area (Å²) in [4.78, 5) is 2.52. The van der Waals surface area contributed by atoms with Crippen molar-refractivity contribution in [3.8, 4) is 0 Å². The predicted molar refractivity (Wildman–Crippen MR) is 76.3 cm³/mol. The zero-order chi connectivity index (χ0) is 12.1. The summed E-state index contributed by atoms with van der Waals surface area (Å²) >= 11 is 2.11. The van der Waals surface area contributed by atoms with Gasteiger partial charge in [0.05, 0.1) is 0 Å². The molecule has 0 saturated carbocycles. The fourth-order valence-corrected chi connectivity index (χ4v) is 3.53. The van der Waals surface area contributed by atoms with Gasteiger partial charge in [0.25, 0.3) is 0 Å². The van der Waals surface area contributed by atoms with Crippen LogP contribution < -0.4 is 5.73 Å². The summed E-state index contributed by atoms with van der Waals surface area (Å²) in [5, 5.41) is 0.798. The standard InChI is InChI=1S/C14H22N2S/c1-2-13-10-16(8-9-17-13)11-14(15)12-6-4-3-5-7-12/h3-7,13-14H,2,8-11,15H2,1H3. The highest BCUT2D eigenvalue weighted by molar-refractivity contribution is 8.00. The van der Waals surface area contributed by atoms with Crippen molar-refractivity contribution in [2.45, 2.75) is 24.6 Å². The van der Waals surface area contributed by atoms with Gasteiger partial charge in [0.2, 0.25) is 0 Å². The Labute approximate surface area is 109 Å². The van der Waals surface area contributed by atoms with Crippen LogP contribution in [0.1, 0.15) is 24.9 Å². The fraction of sp³-hybridized carbons (Fsp3) is 0.571. The zero-order valence-corrected chi connectivity index (χ0v) is 11.3. The first-order chi connectivity index (χ1) is 8.29. The normalized spacial score (nSPS) is 23.5. The van der Waals surface area contributed by atoms with E-state index in [1.165, 1.54) is 30.8 Å². The molecule has 1 heterocycles. The van der Waals surface area contributed by atoms with Gasteiger partial charge in [0.15, 0.2) is 0 Å². The van der Waals surface area contributed by atoms with E-state index >= 15 is 0 Å². The Morgan fingerprint density at radius 1 is 1.41 bits per heavy atom. The van der Waals surface area contributed by atoms with Crippen LogP contribution in [0.4, 0.5) is 0 Å². The molecule has 2 nitrogen and oxygen atoms in total. The van der Waals surface area contributed by atoms with Crippen molar-refractivity contribution in [3.63, 3.8) is 0 Å². The summed E-state index contributed by atoms with van der Waals surface area (Å²) < 4.78 is 0. The molecule has 2 rings (SSSR count). The lowest BCUT2D eigenvalue weighted by molar-refractivity contribution is 0.264. The molecule has 17 heavy (non-hydrogen) atoms. The SMILES string of the molecule is CCC1CN(CC(N)c2ccccc2)CCS1. The molecule has 0 radical (unpaired) electrons. The third kappa shape index (κ3) is 3.73. The van der Waals surface area contributed by atoms with Crippen LogP contribution >= 0.6 is 11.8 Å². The molecule has 3 heteroatoms. The molecule has 0 spiro atoms. The van der Waals surface area contributed by atoms with Gasteiger partial charge in [-0.25, -0.2) is 0 Å². The monoisotopic (exact) mass is 250 g/mol. The van der Waals surface area contributed by atoms with Gasteiger partial charge in [-0.15, -0.1) is 0 Å². The van der Waals surface area contributed by atoms with Gasteiger partial charge in [0, 0.05) is 36.7 Å². The van der Waals surface area contributed by atoms with E-state index in [1.807, 2.05) is 6.07 Å². The smallest absolute Gasteiger partial charge is 0.0424 e. The van der Waals surface area contributed by atoms with Crippen molar-refractivity contribution in [2.24, 2.45) is 5.73 Å². The highest BCUT2D eigenvalue weighted by atomic mass is 32.2. The van der Waals surface area contributed by atoms with E-state index in [0.717, 1.165) is 11.8 Å². The van der Waals surface area contributed by atoms with Crippen LogP contribution in [0.5, 0.6) is 0 Å². The van der Waals surface area contributed by atoms with Crippen LogP contribution in [0.3, 0.4) is 0 Å². The zero-order valence-electron chi connectivity index (χ0n) is 10.5. The molecule has 1 fully saturated rings. The van der Waals surface area contributed by atoms with Crippen molar-refractivity contribution in [1.29, 1.82) is 0 Å². The van der Waals surface area contributed by atoms with Crippen molar-refractivity contribution >= 4 is 11.8 Å². The van der Waals surface area contributed by atoms with E-state index < -0.39 is 0 Å². The van der Waals surface area contributed by atoms with Gasteiger partial charge in [-0.2, -0.15) is 11.8 Å². The van der Waals surface area contributed by atoms with E-state index in [2.05, 4.69) is 47.9 Å². The van der Waals surface area contributed by atoms with Crippen LogP contribution in [-0.2, 0) is 0 Å². The number of thioether (sulfide) groups is 1. The molecule has 1 aromatic carbocycles. The topological polar surface area (TPSA) is 29.3 Å². The Bertz CT molecular complexity index is 328. The molecule has 1 aliphatic heterocycles. The second-order valence-electron chi connectivity index (χ2n) is 4.68. The lowest BCUT2D eigenvalue weighted by atomic mass is 10.1. The summed E-state index contributed by atoms with van der Waals surface area (Å²) in [6, 6.07) is 10.6. The molecule has 1 saturated heterocycles. The third-order valence-corrected chi connectivity index (χ3v) is 4.73. The first kappa shape index (κ1) is 12.9. The molecule has 94 valence electrons. The van der Waals surface area contributed by atoms with Gasteiger partial charge in [-0.05, 0) is 12.0 Å². The molecule has 2 unspecified atom stereocenters. The third-order valence-electron chi connectivity index (χ3n) is 3.36. The van der Waals surface area contributed by atoms with E-state index in [1.54, 1.807) is 0 Å². The van der Waals surface area contributed by atoms with Crippen molar-refractivity contribution in [1.82, 2.24) is 4.90 Å². The largest absolute Gasteiger partial charge is 0.323 e. The van der Waals surface area contributed by atoms with Gasteiger partial charge in [-0.3, -0.25) is 4.90 Å². The molecular formula is C14H22N2S. The van der Waals surface area contributed by atoms with E-state index in [-0.39, 0.29) is 6.04 Å². The number of hydrogen-bond acceptors (Lipinski definition) is 3. The summed E-state index contributed by atoms with van der Waals surface area (Å²) in [5.74, 6) is 1.25. The summed E-state index contributed by atoms with van der Waals surface area (Å²) in [6.45, 7) is 5.64. The molecule has 1 aliphatic rings. The van der Waals surface area contributed by atoms with Crippen LogP contribution in [-0.4, -0.2) is 35.5 Å². The molecule has 0 aliphatic carbocycles. The Morgan fingerprint density at radius 3 is 2.88 bits per heavy atom. The molecule has 2 N–H and O–H groups in total. The van der Waals surface area contributed by atoms with E-state index in [0.29, 0.717) is 0 Å². The predicted octanol–water partition coefficient (Wildman–Crippen LogP) is 2.51. The summed E-state index contributed by atoms with van der Waals surface area (Å²) in [5.41, 5.74) is 7.51. The average Bonchev–Trinajstić information content (AvgIpc) is 2.40. The van der Waals surface area contributed by atoms with Crippen LogP contribution in [0.2, 0.25) is 0 Å². The Kier molecular flexibility index (Phi) is 4.89. The first-order valence-electron chi connectivity index (χ1n) is 6.44. The van der Waals surface area contributed by atoms with Crippen LogP contribution in [0.15, 0.2) is 30.3 Å². The summed E-state index contributed by atoms with van der Waals surface area (Å²) in [7, 11) is 0. The van der Waals surface area contributed by atoms with Crippen LogP contribution in [0.25, 0.3) is 0 Å².